The standard InChI is InChI=1S/C51H67N5O9/c1-8-21-50-22-20-40-38-18-14-34-28-36(57)17-19-37(34)44(38)39(29-51(40,50)65-50)33-12-15-35(16-13-33)52(7)23-10-11-43(58)55-26-24-53(45(59)32(3)9-2)30-41(55)46(60)56-27-25-54(31-42(56)47(61)62)48(63)64-49(4,5)6/h12-13,15-16,28,32,38-42H,9-11,14,17-20,22-27,29-31H2,1-7H3,(H,61,62). The van der Waals surface area contributed by atoms with Gasteiger partial charge in [-0.05, 0) is 126 Å². The number of nitrogens with zero attached hydrogens (tertiary/aromatic N) is 5. The number of ether oxygens (including phenoxy) is 2. The molecule has 65 heavy (non-hydrogen) atoms. The lowest BCUT2D eigenvalue weighted by Gasteiger charge is -2.46. The molecule has 3 aliphatic heterocycles. The molecule has 8 unspecified atom stereocenters. The molecule has 0 aromatic heterocycles. The van der Waals surface area contributed by atoms with Gasteiger partial charge >= 0.3 is 12.1 Å². The third-order valence-electron chi connectivity index (χ3n) is 15.5. The average Bonchev–Trinajstić information content (AvgIpc) is 3.79. The van der Waals surface area contributed by atoms with Crippen molar-refractivity contribution in [2.24, 2.45) is 17.8 Å². The van der Waals surface area contributed by atoms with Crippen molar-refractivity contribution in [1.82, 2.24) is 19.6 Å². The van der Waals surface area contributed by atoms with Crippen molar-refractivity contribution in [2.75, 3.05) is 57.8 Å². The lowest BCUT2D eigenvalue weighted by Crippen LogP contribution is -2.67. The van der Waals surface area contributed by atoms with Crippen molar-refractivity contribution >= 4 is 41.3 Å². The molecule has 14 nitrogen and oxygen atoms in total. The van der Waals surface area contributed by atoms with E-state index in [0.29, 0.717) is 37.6 Å². The first-order chi connectivity index (χ1) is 30.9. The van der Waals surface area contributed by atoms with Crippen molar-refractivity contribution in [3.05, 3.63) is 52.6 Å². The molecule has 0 bridgehead atoms. The molecular weight excluding hydrogens is 827 g/mol. The summed E-state index contributed by atoms with van der Waals surface area (Å²) in [6.45, 7) is 11.6. The predicted molar refractivity (Wildman–Crippen MR) is 244 cm³/mol. The fraction of sp³-hybridized carbons (Fsp3) is 0.647. The fourth-order valence-corrected chi connectivity index (χ4v) is 12.0. The Labute approximate surface area is 383 Å². The molecule has 3 saturated heterocycles. The van der Waals surface area contributed by atoms with Gasteiger partial charge in [-0.25, -0.2) is 9.59 Å². The van der Waals surface area contributed by atoms with Crippen molar-refractivity contribution in [3.63, 3.8) is 0 Å². The first-order valence-corrected chi connectivity index (χ1v) is 23.9. The van der Waals surface area contributed by atoms with E-state index in [1.807, 2.05) is 33.9 Å². The van der Waals surface area contributed by atoms with E-state index in [2.05, 4.69) is 41.0 Å². The Morgan fingerprint density at radius 3 is 2.37 bits per heavy atom. The van der Waals surface area contributed by atoms with Gasteiger partial charge in [0.05, 0.1) is 13.1 Å². The Morgan fingerprint density at radius 1 is 0.969 bits per heavy atom. The molecule has 1 aromatic carbocycles. The number of carboxylic acids is 1. The lowest BCUT2D eigenvalue weighted by molar-refractivity contribution is -0.161. The van der Waals surface area contributed by atoms with E-state index >= 15 is 0 Å². The van der Waals surface area contributed by atoms with Gasteiger partial charge < -0.3 is 39.1 Å². The zero-order valence-corrected chi connectivity index (χ0v) is 39.3. The number of carboxylic acid groups (broad SMARTS) is 1. The van der Waals surface area contributed by atoms with Crippen LogP contribution in [0.1, 0.15) is 117 Å². The number of benzene rings is 1. The summed E-state index contributed by atoms with van der Waals surface area (Å²) in [6.07, 6.45) is 8.87. The Bertz CT molecular complexity index is 2240. The van der Waals surface area contributed by atoms with E-state index in [1.54, 1.807) is 25.7 Å². The van der Waals surface area contributed by atoms with Crippen LogP contribution in [0.4, 0.5) is 10.5 Å². The van der Waals surface area contributed by atoms with E-state index in [4.69, 9.17) is 9.47 Å². The first kappa shape index (κ1) is 46.4. The minimum Gasteiger partial charge on any atom is -0.480 e. The first-order valence-electron chi connectivity index (χ1n) is 23.9. The molecule has 0 radical (unpaired) electrons. The molecule has 2 saturated carbocycles. The van der Waals surface area contributed by atoms with Crippen LogP contribution in [0.2, 0.25) is 0 Å². The Hall–Kier alpha value is -5.16. The number of fused-ring (bicyclic) bond motifs is 3. The van der Waals surface area contributed by atoms with Gasteiger partial charge in [0, 0.05) is 70.1 Å². The highest BCUT2D eigenvalue weighted by atomic mass is 16.6. The summed E-state index contributed by atoms with van der Waals surface area (Å²) in [5.41, 5.74) is 5.06. The normalized spacial score (nSPS) is 29.9. The summed E-state index contributed by atoms with van der Waals surface area (Å²) in [4.78, 5) is 87.7. The number of epoxide rings is 1. The fourth-order valence-electron chi connectivity index (χ4n) is 12.0. The van der Waals surface area contributed by atoms with Crippen molar-refractivity contribution in [2.45, 2.75) is 141 Å². The Morgan fingerprint density at radius 2 is 1.68 bits per heavy atom. The summed E-state index contributed by atoms with van der Waals surface area (Å²) in [5, 5.41) is 10.3. The maximum absolute atomic E-state index is 14.4. The van der Waals surface area contributed by atoms with Gasteiger partial charge in [0.1, 0.15) is 23.3 Å². The molecule has 1 spiro atoms. The van der Waals surface area contributed by atoms with Crippen LogP contribution in [-0.4, -0.2) is 142 Å². The molecule has 1 N–H and O–H groups in total. The van der Waals surface area contributed by atoms with Crippen LogP contribution in [0.5, 0.6) is 0 Å². The monoisotopic (exact) mass is 893 g/mol. The van der Waals surface area contributed by atoms with Gasteiger partial charge in [0.25, 0.3) is 0 Å². The highest BCUT2D eigenvalue weighted by Crippen LogP contribution is 2.73. The second kappa shape index (κ2) is 17.9. The smallest absolute Gasteiger partial charge is 0.410 e. The minimum atomic E-state index is -1.35. The number of aliphatic carboxylic acids is 1. The quantitative estimate of drug-likeness (QED) is 0.220. The topological polar surface area (TPSA) is 161 Å². The maximum Gasteiger partial charge on any atom is 0.410 e. The van der Waals surface area contributed by atoms with E-state index in [1.165, 1.54) is 37.0 Å². The van der Waals surface area contributed by atoms with Gasteiger partial charge in [-0.15, -0.1) is 5.92 Å². The Balaban J connectivity index is 0.947. The zero-order valence-electron chi connectivity index (χ0n) is 39.3. The van der Waals surface area contributed by atoms with Gasteiger partial charge in [-0.2, -0.15) is 0 Å². The predicted octanol–water partition coefficient (Wildman–Crippen LogP) is 5.95. The molecule has 14 heteroatoms. The molecular formula is C51H67N5O9. The third kappa shape index (κ3) is 8.70. The van der Waals surface area contributed by atoms with E-state index in [9.17, 15) is 33.9 Å². The number of carbonyl (C=O) groups is 6. The van der Waals surface area contributed by atoms with Crippen LogP contribution >= 0.6 is 0 Å². The highest BCUT2D eigenvalue weighted by molar-refractivity contribution is 5.93. The van der Waals surface area contributed by atoms with E-state index in [0.717, 1.165) is 44.2 Å². The summed E-state index contributed by atoms with van der Waals surface area (Å²) >= 11 is 0. The van der Waals surface area contributed by atoms with Crippen molar-refractivity contribution in [3.8, 4) is 11.8 Å². The molecule has 4 aliphatic carbocycles. The molecule has 8 rings (SSSR count). The largest absolute Gasteiger partial charge is 0.480 e. The summed E-state index contributed by atoms with van der Waals surface area (Å²) in [7, 11) is 2.00. The number of ketones is 1. The number of anilines is 1. The number of hydrogen-bond acceptors (Lipinski definition) is 9. The molecule has 3 heterocycles. The highest BCUT2D eigenvalue weighted by Gasteiger charge is 2.79. The number of rotatable bonds is 10. The Kier molecular flexibility index (Phi) is 12.8. The second-order valence-corrected chi connectivity index (χ2v) is 20.4. The zero-order chi connectivity index (χ0) is 46.6. The molecule has 8 atom stereocenters. The van der Waals surface area contributed by atoms with Crippen LogP contribution in [0.25, 0.3) is 0 Å². The van der Waals surface area contributed by atoms with Crippen LogP contribution in [0, 0.1) is 29.6 Å². The molecule has 350 valence electrons. The van der Waals surface area contributed by atoms with E-state index in [-0.39, 0.29) is 86.3 Å². The van der Waals surface area contributed by atoms with Gasteiger partial charge in [0.2, 0.25) is 17.7 Å². The van der Waals surface area contributed by atoms with Crippen LogP contribution in [-0.2, 0) is 33.4 Å². The molecule has 7 aliphatic rings. The van der Waals surface area contributed by atoms with E-state index < -0.39 is 35.7 Å². The maximum atomic E-state index is 14.4. The van der Waals surface area contributed by atoms with Crippen LogP contribution in [0.3, 0.4) is 0 Å². The van der Waals surface area contributed by atoms with Crippen molar-refractivity contribution < 1.29 is 43.3 Å². The number of hydrogen-bond donors (Lipinski definition) is 1. The van der Waals surface area contributed by atoms with Crippen LogP contribution < -0.4 is 4.90 Å². The summed E-state index contributed by atoms with van der Waals surface area (Å²) in [5.74, 6) is 5.51. The number of carbonyl (C=O) groups excluding carboxylic acids is 5. The minimum absolute atomic E-state index is 0.0324. The average molecular weight is 894 g/mol. The SMILES string of the molecule is CC#CC12CCC3C4CCC5=CC(=O)CCC5=C4C(c4ccc(N(C)CCCC(=O)N5CCN(C(=O)C(C)CC)CC5C(=O)N5CCN(C(=O)OC(C)(C)C)CC5C(=O)O)cc4)CC31O2. The van der Waals surface area contributed by atoms with Crippen molar-refractivity contribution in [1.29, 1.82) is 0 Å². The van der Waals surface area contributed by atoms with Gasteiger partial charge in [-0.1, -0.05) is 37.5 Å². The number of amides is 4. The summed E-state index contributed by atoms with van der Waals surface area (Å²) in [6, 6.07) is 6.34. The summed E-state index contributed by atoms with van der Waals surface area (Å²) < 4.78 is 12.2. The molecule has 4 amide bonds. The third-order valence-corrected chi connectivity index (χ3v) is 15.5. The lowest BCUT2D eigenvalue weighted by atomic mass is 9.57. The number of allylic oxidation sites excluding steroid dienone is 4. The molecule has 1 aromatic rings. The van der Waals surface area contributed by atoms with Gasteiger partial charge in [0.15, 0.2) is 11.4 Å². The van der Waals surface area contributed by atoms with Crippen LogP contribution in [0.15, 0.2) is 47.1 Å². The van der Waals surface area contributed by atoms with Gasteiger partial charge in [-0.3, -0.25) is 19.2 Å². The number of piperazine rings is 2. The molecule has 5 fully saturated rings. The second-order valence-electron chi connectivity index (χ2n) is 20.4.